The Labute approximate surface area is 114 Å². The summed E-state index contributed by atoms with van der Waals surface area (Å²) >= 11 is 0. The lowest BCUT2D eigenvalue weighted by Gasteiger charge is -2.18. The van der Waals surface area contributed by atoms with Crippen LogP contribution in [0.3, 0.4) is 0 Å². The Morgan fingerprint density at radius 3 is 2.95 bits per heavy atom. The molecule has 2 unspecified atom stereocenters. The molecule has 2 atom stereocenters. The normalized spacial score (nSPS) is 22.6. The first kappa shape index (κ1) is 12.3. The molecule has 0 saturated heterocycles. The Morgan fingerprint density at radius 2 is 2.21 bits per heavy atom. The number of imidazole rings is 1. The first-order valence-corrected chi connectivity index (χ1v) is 7.20. The van der Waals surface area contributed by atoms with Crippen LogP contribution < -0.4 is 5.32 Å². The molecular weight excluding hydrogens is 234 g/mol. The first-order chi connectivity index (χ1) is 9.36. The van der Waals surface area contributed by atoms with E-state index in [2.05, 4.69) is 46.1 Å². The highest BCUT2D eigenvalue weighted by Gasteiger charge is 2.23. The van der Waals surface area contributed by atoms with Gasteiger partial charge >= 0.3 is 0 Å². The van der Waals surface area contributed by atoms with Crippen molar-refractivity contribution in [2.24, 2.45) is 5.92 Å². The Kier molecular flexibility index (Phi) is 3.53. The van der Waals surface area contributed by atoms with Crippen LogP contribution >= 0.6 is 0 Å². The number of benzene rings is 1. The Morgan fingerprint density at radius 1 is 1.32 bits per heavy atom. The zero-order valence-corrected chi connectivity index (χ0v) is 11.4. The lowest BCUT2D eigenvalue weighted by Crippen LogP contribution is -2.16. The molecule has 1 saturated carbocycles. The number of rotatable bonds is 4. The smallest absolute Gasteiger partial charge is 0.0992 e. The standard InChI is InChI=1S/C16H21N3/c1-2-13-7-8-14(11-13)18-15-5-3-4-6-16(15)19-10-9-17-12-19/h3-6,9-10,12-14,18H,2,7-8,11H2,1H3. The number of nitrogens with zero attached hydrogens (tertiary/aromatic N) is 2. The number of hydrogen-bond donors (Lipinski definition) is 1. The van der Waals surface area contributed by atoms with Gasteiger partial charge in [0.2, 0.25) is 0 Å². The summed E-state index contributed by atoms with van der Waals surface area (Å²) in [6, 6.07) is 9.08. The van der Waals surface area contributed by atoms with E-state index in [-0.39, 0.29) is 0 Å². The van der Waals surface area contributed by atoms with Crippen molar-refractivity contribution in [3.05, 3.63) is 43.0 Å². The predicted octanol–water partition coefficient (Wildman–Crippen LogP) is 3.86. The van der Waals surface area contributed by atoms with Crippen LogP contribution in [-0.4, -0.2) is 15.6 Å². The fraction of sp³-hybridized carbons (Fsp3) is 0.438. The van der Waals surface area contributed by atoms with Crippen LogP contribution in [0.4, 0.5) is 5.69 Å². The third kappa shape index (κ3) is 2.65. The molecule has 3 heteroatoms. The number of hydrogen-bond acceptors (Lipinski definition) is 2. The van der Waals surface area contributed by atoms with Crippen molar-refractivity contribution in [1.82, 2.24) is 9.55 Å². The number of aromatic nitrogens is 2. The van der Waals surface area contributed by atoms with Crippen molar-refractivity contribution in [3.63, 3.8) is 0 Å². The van der Waals surface area contributed by atoms with Gasteiger partial charge in [0.15, 0.2) is 0 Å². The highest BCUT2D eigenvalue weighted by molar-refractivity contribution is 5.61. The summed E-state index contributed by atoms with van der Waals surface area (Å²) in [4.78, 5) is 4.13. The predicted molar refractivity (Wildman–Crippen MR) is 78.6 cm³/mol. The van der Waals surface area contributed by atoms with Gasteiger partial charge in [-0.3, -0.25) is 0 Å². The Bertz CT molecular complexity index is 519. The number of para-hydroxylation sites is 2. The van der Waals surface area contributed by atoms with E-state index in [1.165, 1.54) is 37.1 Å². The van der Waals surface area contributed by atoms with E-state index < -0.39 is 0 Å². The third-order valence-corrected chi connectivity index (χ3v) is 4.16. The van der Waals surface area contributed by atoms with Gasteiger partial charge in [0.05, 0.1) is 17.7 Å². The summed E-state index contributed by atoms with van der Waals surface area (Å²) in [5.74, 6) is 0.901. The van der Waals surface area contributed by atoms with Crippen LogP contribution in [0.15, 0.2) is 43.0 Å². The van der Waals surface area contributed by atoms with E-state index >= 15 is 0 Å². The molecule has 1 aromatic heterocycles. The topological polar surface area (TPSA) is 29.9 Å². The molecule has 2 aromatic rings. The molecule has 0 spiro atoms. The van der Waals surface area contributed by atoms with E-state index in [1.807, 2.05) is 18.7 Å². The lowest BCUT2D eigenvalue weighted by molar-refractivity contribution is 0.525. The molecule has 1 aliphatic carbocycles. The van der Waals surface area contributed by atoms with Crippen molar-refractivity contribution < 1.29 is 0 Å². The van der Waals surface area contributed by atoms with Crippen LogP contribution in [0.25, 0.3) is 5.69 Å². The second-order valence-electron chi connectivity index (χ2n) is 5.42. The van der Waals surface area contributed by atoms with E-state index in [9.17, 15) is 0 Å². The maximum atomic E-state index is 4.13. The summed E-state index contributed by atoms with van der Waals surface area (Å²) in [7, 11) is 0. The van der Waals surface area contributed by atoms with Crippen molar-refractivity contribution in [2.75, 3.05) is 5.32 Å². The van der Waals surface area contributed by atoms with Gasteiger partial charge < -0.3 is 9.88 Å². The van der Waals surface area contributed by atoms with E-state index in [0.29, 0.717) is 6.04 Å². The highest BCUT2D eigenvalue weighted by atomic mass is 15.1. The fourth-order valence-electron chi connectivity index (χ4n) is 3.02. The molecule has 1 aromatic carbocycles. The summed E-state index contributed by atoms with van der Waals surface area (Å²) in [6.45, 7) is 2.30. The van der Waals surface area contributed by atoms with Crippen molar-refractivity contribution in [1.29, 1.82) is 0 Å². The minimum Gasteiger partial charge on any atom is -0.381 e. The van der Waals surface area contributed by atoms with Gasteiger partial charge in [0, 0.05) is 18.4 Å². The van der Waals surface area contributed by atoms with Gasteiger partial charge in [-0.1, -0.05) is 25.5 Å². The van der Waals surface area contributed by atoms with Gasteiger partial charge in [-0.15, -0.1) is 0 Å². The van der Waals surface area contributed by atoms with Gasteiger partial charge in [0.1, 0.15) is 0 Å². The maximum Gasteiger partial charge on any atom is 0.0992 e. The molecule has 1 N–H and O–H groups in total. The minimum absolute atomic E-state index is 0.620. The van der Waals surface area contributed by atoms with Crippen LogP contribution in [0.5, 0.6) is 0 Å². The molecule has 3 nitrogen and oxygen atoms in total. The zero-order chi connectivity index (χ0) is 13.1. The third-order valence-electron chi connectivity index (χ3n) is 4.16. The van der Waals surface area contributed by atoms with Crippen LogP contribution in [0.2, 0.25) is 0 Å². The molecule has 3 rings (SSSR count). The largest absolute Gasteiger partial charge is 0.381 e. The van der Waals surface area contributed by atoms with Gasteiger partial charge in [-0.2, -0.15) is 0 Å². The van der Waals surface area contributed by atoms with E-state index in [1.54, 1.807) is 0 Å². The number of nitrogens with one attached hydrogen (secondary N) is 1. The number of anilines is 1. The Balaban J connectivity index is 1.78. The molecule has 1 aliphatic rings. The summed E-state index contributed by atoms with van der Waals surface area (Å²) in [5.41, 5.74) is 2.39. The van der Waals surface area contributed by atoms with Crippen LogP contribution in [-0.2, 0) is 0 Å². The highest BCUT2D eigenvalue weighted by Crippen LogP contribution is 2.31. The van der Waals surface area contributed by atoms with E-state index in [4.69, 9.17) is 0 Å². The molecule has 100 valence electrons. The monoisotopic (exact) mass is 255 g/mol. The molecule has 0 bridgehead atoms. The van der Waals surface area contributed by atoms with Gasteiger partial charge in [-0.25, -0.2) is 4.98 Å². The quantitative estimate of drug-likeness (QED) is 0.899. The first-order valence-electron chi connectivity index (χ1n) is 7.20. The fourth-order valence-corrected chi connectivity index (χ4v) is 3.02. The van der Waals surface area contributed by atoms with Gasteiger partial charge in [-0.05, 0) is 37.3 Å². The zero-order valence-electron chi connectivity index (χ0n) is 11.4. The second-order valence-corrected chi connectivity index (χ2v) is 5.42. The molecule has 0 aliphatic heterocycles. The lowest BCUT2D eigenvalue weighted by atomic mass is 10.1. The molecular formula is C16H21N3. The Hall–Kier alpha value is -1.77. The SMILES string of the molecule is CCC1CCC(Nc2ccccc2-n2ccnc2)C1. The second kappa shape index (κ2) is 5.47. The molecule has 0 radical (unpaired) electrons. The van der Waals surface area contributed by atoms with Crippen molar-refractivity contribution in [3.8, 4) is 5.69 Å². The van der Waals surface area contributed by atoms with Crippen molar-refractivity contribution >= 4 is 5.69 Å². The molecule has 1 heterocycles. The van der Waals surface area contributed by atoms with E-state index in [0.717, 1.165) is 5.92 Å². The molecule has 1 fully saturated rings. The van der Waals surface area contributed by atoms with Crippen LogP contribution in [0, 0.1) is 5.92 Å². The van der Waals surface area contributed by atoms with Crippen molar-refractivity contribution in [2.45, 2.75) is 38.6 Å². The average molecular weight is 255 g/mol. The summed E-state index contributed by atoms with van der Waals surface area (Å²) in [5, 5.41) is 3.71. The summed E-state index contributed by atoms with van der Waals surface area (Å²) < 4.78 is 2.06. The molecule has 0 amide bonds. The average Bonchev–Trinajstić information content (AvgIpc) is 3.10. The van der Waals surface area contributed by atoms with Crippen LogP contribution in [0.1, 0.15) is 32.6 Å². The van der Waals surface area contributed by atoms with Gasteiger partial charge in [0.25, 0.3) is 0 Å². The molecule has 19 heavy (non-hydrogen) atoms. The maximum absolute atomic E-state index is 4.13. The minimum atomic E-state index is 0.620. The summed E-state index contributed by atoms with van der Waals surface area (Å²) in [6.07, 6.45) is 10.9.